The molecule has 5 rings (SSSR count). The van der Waals surface area contributed by atoms with Crippen molar-refractivity contribution < 1.29 is 13.9 Å². The van der Waals surface area contributed by atoms with E-state index >= 15 is 0 Å². The van der Waals surface area contributed by atoms with E-state index < -0.39 is 6.17 Å². The van der Waals surface area contributed by atoms with Crippen LogP contribution in [0, 0.1) is 6.92 Å². The molecule has 1 aliphatic heterocycles. The maximum Gasteiger partial charge on any atom is 0.317 e. The minimum Gasteiger partial charge on any atom is -0.402 e. The summed E-state index contributed by atoms with van der Waals surface area (Å²) >= 11 is 1.61. The van der Waals surface area contributed by atoms with Crippen molar-refractivity contribution in [3.8, 4) is 11.6 Å². The third kappa shape index (κ3) is 5.06. The fraction of sp³-hybridized carbons (Fsp3) is 0.269. The highest BCUT2D eigenvalue weighted by Crippen LogP contribution is 2.30. The van der Waals surface area contributed by atoms with Gasteiger partial charge in [0.1, 0.15) is 5.69 Å². The number of hydrogen-bond acceptors (Lipinski definition) is 9. The standard InChI is InChI=1S/C26H25N5O3S/c1-16-27-23(21(35-16)13-8-14-33-2)25-30-31-26(34-25)29-24-20(32)15-18-11-6-7-12-19(18)22(28-24)17-9-4-3-5-10-17/h3-7,9-12,24H,8,13-15H2,1-2H3,(H,29,31)/t24-/m1/s1. The summed E-state index contributed by atoms with van der Waals surface area (Å²) in [6.45, 7) is 2.62. The smallest absolute Gasteiger partial charge is 0.317 e. The number of rotatable bonds is 8. The highest BCUT2D eigenvalue weighted by atomic mass is 32.1. The summed E-state index contributed by atoms with van der Waals surface area (Å²) in [7, 11) is 1.69. The van der Waals surface area contributed by atoms with Crippen molar-refractivity contribution in [1.29, 1.82) is 0 Å². The van der Waals surface area contributed by atoms with Crippen LogP contribution in [-0.4, -0.2) is 46.6 Å². The van der Waals surface area contributed by atoms with Crippen LogP contribution >= 0.6 is 11.3 Å². The summed E-state index contributed by atoms with van der Waals surface area (Å²) in [6.07, 6.45) is 1.08. The Morgan fingerprint density at radius 2 is 1.91 bits per heavy atom. The van der Waals surface area contributed by atoms with E-state index in [1.54, 1.807) is 18.4 Å². The van der Waals surface area contributed by atoms with Crippen LogP contribution in [0.5, 0.6) is 0 Å². The number of ether oxygens (including phenoxy) is 1. The number of hydrogen-bond donors (Lipinski definition) is 1. The molecular weight excluding hydrogens is 462 g/mol. The van der Waals surface area contributed by atoms with E-state index in [2.05, 4.69) is 20.5 Å². The van der Waals surface area contributed by atoms with Crippen molar-refractivity contribution in [2.24, 2.45) is 4.99 Å². The number of carbonyl (C=O) groups is 1. The first-order valence-electron chi connectivity index (χ1n) is 11.4. The summed E-state index contributed by atoms with van der Waals surface area (Å²) in [6, 6.07) is 17.8. The third-order valence-electron chi connectivity index (χ3n) is 5.69. The van der Waals surface area contributed by atoms with Crippen molar-refractivity contribution in [2.75, 3.05) is 19.0 Å². The summed E-state index contributed by atoms with van der Waals surface area (Å²) in [5, 5.41) is 12.3. The lowest BCUT2D eigenvalue weighted by atomic mass is 9.96. The summed E-state index contributed by atoms with van der Waals surface area (Å²) in [5.74, 6) is 0.244. The van der Waals surface area contributed by atoms with E-state index in [4.69, 9.17) is 14.1 Å². The lowest BCUT2D eigenvalue weighted by molar-refractivity contribution is -0.119. The summed E-state index contributed by atoms with van der Waals surface area (Å²) in [4.78, 5) is 23.6. The van der Waals surface area contributed by atoms with Crippen molar-refractivity contribution in [2.45, 2.75) is 32.4 Å². The molecule has 1 atom stereocenters. The number of ketones is 1. The molecular formula is C26H25N5O3S. The molecule has 0 amide bonds. The number of methoxy groups -OCH3 is 1. The largest absolute Gasteiger partial charge is 0.402 e. The van der Waals surface area contributed by atoms with E-state index in [-0.39, 0.29) is 18.2 Å². The quantitative estimate of drug-likeness (QED) is 0.366. The van der Waals surface area contributed by atoms with Gasteiger partial charge in [0.15, 0.2) is 11.9 Å². The molecule has 1 aliphatic rings. The molecule has 0 fully saturated rings. The van der Waals surface area contributed by atoms with Crippen LogP contribution in [0.3, 0.4) is 0 Å². The summed E-state index contributed by atoms with van der Waals surface area (Å²) < 4.78 is 11.1. The molecule has 1 N–H and O–H groups in total. The second-order valence-corrected chi connectivity index (χ2v) is 9.49. The topological polar surface area (TPSA) is 103 Å². The normalized spacial score (nSPS) is 15.4. The monoisotopic (exact) mass is 487 g/mol. The Labute approximate surface area is 207 Å². The number of aliphatic imine (C=N–C) groups is 1. The minimum absolute atomic E-state index is 0.0760. The van der Waals surface area contributed by atoms with E-state index in [9.17, 15) is 4.79 Å². The molecule has 0 saturated heterocycles. The second kappa shape index (κ2) is 10.3. The zero-order valence-electron chi connectivity index (χ0n) is 19.5. The van der Waals surface area contributed by atoms with Crippen molar-refractivity contribution in [1.82, 2.24) is 15.2 Å². The van der Waals surface area contributed by atoms with Gasteiger partial charge in [0.25, 0.3) is 5.89 Å². The number of benzene rings is 2. The van der Waals surface area contributed by atoms with Crippen LogP contribution in [0.25, 0.3) is 11.6 Å². The zero-order chi connectivity index (χ0) is 24.2. The number of fused-ring (bicyclic) bond motifs is 1. The van der Waals surface area contributed by atoms with Gasteiger partial charge in [-0.15, -0.1) is 16.4 Å². The Morgan fingerprint density at radius 1 is 1.11 bits per heavy atom. The molecule has 2 aromatic carbocycles. The fourth-order valence-electron chi connectivity index (χ4n) is 4.08. The van der Waals surface area contributed by atoms with Crippen molar-refractivity contribution in [3.05, 3.63) is 81.2 Å². The van der Waals surface area contributed by atoms with Gasteiger partial charge in [-0.1, -0.05) is 59.7 Å². The number of thiazole rings is 1. The van der Waals surface area contributed by atoms with Crippen LogP contribution in [-0.2, 0) is 22.4 Å². The molecule has 0 spiro atoms. The number of aromatic nitrogens is 3. The molecule has 0 saturated carbocycles. The average Bonchev–Trinajstić information content (AvgIpc) is 3.45. The molecule has 0 aliphatic carbocycles. The first-order valence-corrected chi connectivity index (χ1v) is 12.2. The Morgan fingerprint density at radius 3 is 2.74 bits per heavy atom. The highest BCUT2D eigenvalue weighted by Gasteiger charge is 2.27. The Hall–Kier alpha value is -3.69. The van der Waals surface area contributed by atoms with Crippen LogP contribution in [0.1, 0.15) is 33.0 Å². The predicted octanol–water partition coefficient (Wildman–Crippen LogP) is 4.48. The van der Waals surface area contributed by atoms with E-state index in [1.165, 1.54) is 0 Å². The molecule has 35 heavy (non-hydrogen) atoms. The maximum atomic E-state index is 13.2. The molecule has 2 aromatic heterocycles. The first-order chi connectivity index (χ1) is 17.1. The van der Waals surface area contributed by atoms with Gasteiger partial charge in [-0.25, -0.2) is 4.98 Å². The zero-order valence-corrected chi connectivity index (χ0v) is 20.3. The second-order valence-electron chi connectivity index (χ2n) is 8.20. The maximum absolute atomic E-state index is 13.2. The van der Waals surface area contributed by atoms with E-state index in [0.29, 0.717) is 18.2 Å². The predicted molar refractivity (Wildman–Crippen MR) is 135 cm³/mol. The lowest BCUT2D eigenvalue weighted by Gasteiger charge is -2.11. The van der Waals surface area contributed by atoms with Gasteiger partial charge in [0.05, 0.1) is 10.7 Å². The van der Waals surface area contributed by atoms with Crippen LogP contribution in [0.4, 0.5) is 6.01 Å². The molecule has 9 heteroatoms. The minimum atomic E-state index is -0.857. The average molecular weight is 488 g/mol. The van der Waals surface area contributed by atoms with E-state index in [0.717, 1.165) is 45.1 Å². The van der Waals surface area contributed by atoms with Gasteiger partial charge in [0, 0.05) is 36.1 Å². The van der Waals surface area contributed by atoms with Gasteiger partial charge in [-0.2, -0.15) is 0 Å². The van der Waals surface area contributed by atoms with Gasteiger partial charge < -0.3 is 14.5 Å². The SMILES string of the molecule is COCCCc1sc(C)nc1-c1nnc(N[C@H]2N=C(c3ccccc3)c3ccccc3CC2=O)o1. The fourth-order valence-corrected chi connectivity index (χ4v) is 5.05. The Bertz CT molecular complexity index is 1360. The molecule has 8 nitrogen and oxygen atoms in total. The number of nitrogens with zero attached hydrogens (tertiary/aromatic N) is 4. The van der Waals surface area contributed by atoms with Crippen molar-refractivity contribution >= 4 is 28.8 Å². The number of carbonyl (C=O) groups excluding carboxylic acids is 1. The Balaban J connectivity index is 1.44. The lowest BCUT2D eigenvalue weighted by Crippen LogP contribution is -2.29. The highest BCUT2D eigenvalue weighted by molar-refractivity contribution is 7.12. The number of nitrogens with one attached hydrogen (secondary N) is 1. The van der Waals surface area contributed by atoms with Gasteiger partial charge in [-0.05, 0) is 25.3 Å². The van der Waals surface area contributed by atoms with Gasteiger partial charge >= 0.3 is 6.01 Å². The molecule has 4 aromatic rings. The van der Waals surface area contributed by atoms with Gasteiger partial charge in [0.2, 0.25) is 0 Å². The van der Waals surface area contributed by atoms with Crippen molar-refractivity contribution in [3.63, 3.8) is 0 Å². The Kier molecular flexibility index (Phi) is 6.78. The number of Topliss-reactive ketones (excluding diaryl/α,β-unsaturated/α-hetero) is 1. The third-order valence-corrected chi connectivity index (χ3v) is 6.72. The molecule has 178 valence electrons. The molecule has 0 radical (unpaired) electrons. The van der Waals surface area contributed by atoms with Crippen LogP contribution in [0.2, 0.25) is 0 Å². The molecule has 0 bridgehead atoms. The van der Waals surface area contributed by atoms with Crippen LogP contribution in [0.15, 0.2) is 64.0 Å². The first kappa shape index (κ1) is 23.1. The number of anilines is 1. The van der Waals surface area contributed by atoms with E-state index in [1.807, 2.05) is 61.5 Å². The van der Waals surface area contributed by atoms with Crippen LogP contribution < -0.4 is 5.32 Å². The number of aryl methyl sites for hydroxylation is 2. The molecule has 0 unspecified atom stereocenters. The van der Waals surface area contributed by atoms with Gasteiger partial charge in [-0.3, -0.25) is 9.79 Å². The molecule has 3 heterocycles. The summed E-state index contributed by atoms with van der Waals surface area (Å²) in [5.41, 5.74) is 4.25.